The molecule has 0 aliphatic heterocycles. The van der Waals surface area contributed by atoms with E-state index in [-0.39, 0.29) is 5.78 Å². The second kappa shape index (κ2) is 4.61. The van der Waals surface area contributed by atoms with E-state index < -0.39 is 0 Å². The van der Waals surface area contributed by atoms with Crippen molar-refractivity contribution in [2.24, 2.45) is 0 Å². The Bertz CT molecular complexity index is 609. The van der Waals surface area contributed by atoms with Crippen LogP contribution in [0.2, 0.25) is 0 Å². The number of benzene rings is 2. The van der Waals surface area contributed by atoms with Crippen LogP contribution in [0.15, 0.2) is 66.2 Å². The molecule has 1 aliphatic rings. The molecule has 0 saturated carbocycles. The lowest BCUT2D eigenvalue weighted by atomic mass is 10.1. The van der Waals surface area contributed by atoms with Gasteiger partial charge in [-0.25, -0.2) is 0 Å². The van der Waals surface area contributed by atoms with Crippen LogP contribution in [0.1, 0.15) is 21.5 Å². The molecule has 1 nitrogen and oxygen atoms in total. The molecule has 2 aromatic rings. The van der Waals surface area contributed by atoms with Crippen LogP contribution < -0.4 is 0 Å². The van der Waals surface area contributed by atoms with Crippen molar-refractivity contribution in [2.75, 3.05) is 0 Å². The molecule has 18 heavy (non-hydrogen) atoms. The van der Waals surface area contributed by atoms with Gasteiger partial charge in [0.05, 0.1) is 0 Å². The molecule has 0 amide bonds. The van der Waals surface area contributed by atoms with Gasteiger partial charge < -0.3 is 0 Å². The van der Waals surface area contributed by atoms with Crippen molar-refractivity contribution in [1.29, 1.82) is 0 Å². The van der Waals surface area contributed by atoms with Gasteiger partial charge in [-0.3, -0.25) is 4.79 Å². The zero-order valence-electron chi connectivity index (χ0n) is 10.1. The Morgan fingerprint density at radius 1 is 0.944 bits per heavy atom. The number of rotatable bonds is 2. The van der Waals surface area contributed by atoms with Crippen LogP contribution in [-0.2, 0) is 12.8 Å². The normalized spacial score (nSPS) is 16.0. The minimum Gasteiger partial charge on any atom is -0.289 e. The van der Waals surface area contributed by atoms with Gasteiger partial charge in [0.15, 0.2) is 5.78 Å². The molecule has 0 bridgehead atoms. The number of fused-ring (bicyclic) bond motifs is 1. The highest BCUT2D eigenvalue weighted by Gasteiger charge is 2.23. The Kier molecular flexibility index (Phi) is 2.81. The van der Waals surface area contributed by atoms with Gasteiger partial charge in [-0.2, -0.15) is 0 Å². The van der Waals surface area contributed by atoms with E-state index in [1.165, 1.54) is 5.56 Å². The van der Waals surface area contributed by atoms with E-state index in [2.05, 4.69) is 18.2 Å². The third-order valence-corrected chi connectivity index (χ3v) is 3.36. The molecular weight excluding hydrogens is 220 g/mol. The second-order valence-electron chi connectivity index (χ2n) is 4.58. The van der Waals surface area contributed by atoms with Crippen LogP contribution in [0.3, 0.4) is 0 Å². The summed E-state index contributed by atoms with van der Waals surface area (Å²) in [4.78, 5) is 12.1. The molecule has 0 heterocycles. The number of hydrogen-bond donors (Lipinski definition) is 0. The van der Waals surface area contributed by atoms with Gasteiger partial charge in [0.1, 0.15) is 0 Å². The highest BCUT2D eigenvalue weighted by Crippen LogP contribution is 2.26. The molecule has 0 unspecified atom stereocenters. The lowest BCUT2D eigenvalue weighted by Crippen LogP contribution is -1.96. The fraction of sp³-hybridized carbons (Fsp3) is 0.118. The van der Waals surface area contributed by atoms with E-state index in [1.807, 2.05) is 42.5 Å². The predicted molar refractivity (Wildman–Crippen MR) is 72.7 cm³/mol. The van der Waals surface area contributed by atoms with E-state index in [1.54, 1.807) is 0 Å². The standard InChI is InChI=1S/C17H14O/c18-17-15(11-10-13-6-2-1-3-7-13)12-14-8-4-5-9-16(14)17/h1-9,11H,10,12H2/b15-11-. The molecule has 0 radical (unpaired) electrons. The number of ketones is 1. The Labute approximate surface area is 107 Å². The van der Waals surface area contributed by atoms with Crippen molar-refractivity contribution in [3.05, 3.63) is 82.9 Å². The third kappa shape index (κ3) is 2.00. The van der Waals surface area contributed by atoms with E-state index in [4.69, 9.17) is 0 Å². The van der Waals surface area contributed by atoms with Crippen LogP contribution >= 0.6 is 0 Å². The topological polar surface area (TPSA) is 17.1 Å². The molecule has 0 fully saturated rings. The van der Waals surface area contributed by atoms with Crippen molar-refractivity contribution in [2.45, 2.75) is 12.8 Å². The number of carbonyl (C=O) groups is 1. The third-order valence-electron chi connectivity index (χ3n) is 3.36. The van der Waals surface area contributed by atoms with E-state index in [0.29, 0.717) is 0 Å². The van der Waals surface area contributed by atoms with Crippen molar-refractivity contribution >= 4 is 5.78 Å². The van der Waals surface area contributed by atoms with Crippen LogP contribution in [0.25, 0.3) is 0 Å². The molecule has 3 rings (SSSR count). The lowest BCUT2D eigenvalue weighted by Gasteiger charge is -1.97. The van der Waals surface area contributed by atoms with Crippen molar-refractivity contribution in [1.82, 2.24) is 0 Å². The maximum Gasteiger partial charge on any atom is 0.189 e. The van der Waals surface area contributed by atoms with E-state index in [9.17, 15) is 4.79 Å². The largest absolute Gasteiger partial charge is 0.289 e. The fourth-order valence-electron chi connectivity index (χ4n) is 2.37. The maximum atomic E-state index is 12.1. The van der Waals surface area contributed by atoms with Gasteiger partial charge in [0, 0.05) is 17.6 Å². The Balaban J connectivity index is 1.82. The molecular formula is C17H14O. The van der Waals surface area contributed by atoms with Gasteiger partial charge in [0.2, 0.25) is 0 Å². The molecule has 0 N–H and O–H groups in total. The first kappa shape index (κ1) is 11.0. The minimum absolute atomic E-state index is 0.196. The summed E-state index contributed by atoms with van der Waals surface area (Å²) in [6.07, 6.45) is 3.68. The number of carbonyl (C=O) groups excluding carboxylic acids is 1. The molecule has 1 aliphatic carbocycles. The first-order chi connectivity index (χ1) is 8.84. The molecule has 0 atom stereocenters. The monoisotopic (exact) mass is 234 g/mol. The number of Topliss-reactive ketones (excluding diaryl/α,β-unsaturated/α-hetero) is 1. The van der Waals surface area contributed by atoms with E-state index in [0.717, 1.165) is 29.5 Å². The lowest BCUT2D eigenvalue weighted by molar-refractivity contribution is 0.103. The van der Waals surface area contributed by atoms with Gasteiger partial charge in [0.25, 0.3) is 0 Å². The summed E-state index contributed by atoms with van der Waals surface area (Å²) in [5.74, 6) is 0.196. The molecule has 2 aromatic carbocycles. The quantitative estimate of drug-likeness (QED) is 0.726. The first-order valence-electron chi connectivity index (χ1n) is 6.20. The average molecular weight is 234 g/mol. The van der Waals surface area contributed by atoms with Gasteiger partial charge in [-0.05, 0) is 17.5 Å². The Morgan fingerprint density at radius 3 is 2.44 bits per heavy atom. The maximum absolute atomic E-state index is 12.1. The highest BCUT2D eigenvalue weighted by atomic mass is 16.1. The number of allylic oxidation sites excluding steroid dienone is 2. The molecule has 1 heteroatoms. The zero-order chi connectivity index (χ0) is 12.4. The summed E-state index contributed by atoms with van der Waals surface area (Å²) >= 11 is 0. The van der Waals surface area contributed by atoms with Crippen molar-refractivity contribution < 1.29 is 4.79 Å². The molecule has 0 saturated heterocycles. The van der Waals surface area contributed by atoms with Crippen molar-refractivity contribution in [3.8, 4) is 0 Å². The average Bonchev–Trinajstić information content (AvgIpc) is 2.75. The second-order valence-corrected chi connectivity index (χ2v) is 4.58. The van der Waals surface area contributed by atoms with Crippen LogP contribution in [-0.4, -0.2) is 5.78 Å². The summed E-state index contributed by atoms with van der Waals surface area (Å²) in [5, 5.41) is 0. The SMILES string of the molecule is O=C1/C(=C\Cc2ccccc2)Cc2ccccc21. The highest BCUT2D eigenvalue weighted by molar-refractivity contribution is 6.13. The zero-order valence-corrected chi connectivity index (χ0v) is 10.1. The molecule has 0 spiro atoms. The Hall–Kier alpha value is -2.15. The summed E-state index contributed by atoms with van der Waals surface area (Å²) in [5.41, 5.74) is 4.20. The van der Waals surface area contributed by atoms with E-state index >= 15 is 0 Å². The van der Waals surface area contributed by atoms with Crippen LogP contribution in [0, 0.1) is 0 Å². The molecule has 0 aromatic heterocycles. The van der Waals surface area contributed by atoms with Gasteiger partial charge in [-0.15, -0.1) is 0 Å². The van der Waals surface area contributed by atoms with Gasteiger partial charge in [-0.1, -0.05) is 60.7 Å². The Morgan fingerprint density at radius 2 is 1.67 bits per heavy atom. The predicted octanol–water partition coefficient (Wildman–Crippen LogP) is 3.59. The summed E-state index contributed by atoms with van der Waals surface area (Å²) in [7, 11) is 0. The summed E-state index contributed by atoms with van der Waals surface area (Å²) in [6, 6.07) is 18.1. The van der Waals surface area contributed by atoms with Crippen molar-refractivity contribution in [3.63, 3.8) is 0 Å². The smallest absolute Gasteiger partial charge is 0.189 e. The number of hydrogen-bond acceptors (Lipinski definition) is 1. The summed E-state index contributed by atoms with van der Waals surface area (Å²) < 4.78 is 0. The van der Waals surface area contributed by atoms with Crippen LogP contribution in [0.5, 0.6) is 0 Å². The molecule has 88 valence electrons. The van der Waals surface area contributed by atoms with Crippen LogP contribution in [0.4, 0.5) is 0 Å². The minimum atomic E-state index is 0.196. The first-order valence-corrected chi connectivity index (χ1v) is 6.20. The fourth-order valence-corrected chi connectivity index (χ4v) is 2.37. The summed E-state index contributed by atoms with van der Waals surface area (Å²) in [6.45, 7) is 0. The van der Waals surface area contributed by atoms with Gasteiger partial charge >= 0.3 is 0 Å².